The van der Waals surface area contributed by atoms with Crippen LogP contribution in [0.25, 0.3) is 0 Å². The quantitative estimate of drug-likeness (QED) is 0.192. The Hall–Kier alpha value is -3.64. The monoisotopic (exact) mass is 530 g/mol. The molecule has 1 aliphatic rings. The first-order valence-electron chi connectivity index (χ1n) is 14.1. The van der Waals surface area contributed by atoms with Crippen LogP contribution in [0.5, 0.6) is 0 Å². The Bertz CT molecular complexity index is 1090. The number of hydrogen-bond acceptors (Lipinski definition) is 4. The lowest BCUT2D eigenvalue weighted by molar-refractivity contribution is 0.589. The molecule has 1 fully saturated rings. The van der Waals surface area contributed by atoms with Gasteiger partial charge in [-0.25, -0.2) is 4.99 Å². The van der Waals surface area contributed by atoms with Gasteiger partial charge >= 0.3 is 0 Å². The van der Waals surface area contributed by atoms with Crippen LogP contribution in [0.4, 0.5) is 11.4 Å². The fourth-order valence-electron chi connectivity index (χ4n) is 3.77. The molecule has 0 atom stereocenters. The molecule has 1 heterocycles. The largest absolute Gasteiger partial charge is 0.369 e. The van der Waals surface area contributed by atoms with E-state index in [0.717, 1.165) is 61.0 Å². The Morgan fingerprint density at radius 3 is 2.13 bits per heavy atom. The van der Waals surface area contributed by atoms with Gasteiger partial charge < -0.3 is 20.9 Å². The summed E-state index contributed by atoms with van der Waals surface area (Å²) in [5.41, 5.74) is 7.43. The maximum atomic E-state index is 4.70. The smallest absolute Gasteiger partial charge is 0.222 e. The summed E-state index contributed by atoms with van der Waals surface area (Å²) in [6, 6.07) is 18.8. The molecule has 0 spiro atoms. The third-order valence-corrected chi connectivity index (χ3v) is 5.88. The molecule has 39 heavy (non-hydrogen) atoms. The second kappa shape index (κ2) is 19.4. The molecule has 0 saturated carbocycles. The highest BCUT2D eigenvalue weighted by atomic mass is 15.2. The average molecular weight is 531 g/mol. The molecule has 1 aliphatic heterocycles. The molecule has 2 aromatic carbocycles. The fourth-order valence-corrected chi connectivity index (χ4v) is 3.77. The van der Waals surface area contributed by atoms with Crippen LogP contribution >= 0.6 is 0 Å². The molecule has 3 rings (SSSR count). The van der Waals surface area contributed by atoms with Crippen LogP contribution in [0.3, 0.4) is 0 Å². The predicted octanol–water partition coefficient (Wildman–Crippen LogP) is 7.20. The van der Waals surface area contributed by atoms with Gasteiger partial charge in [-0.2, -0.15) is 0 Å². The number of piperazine rings is 1. The molecule has 1 saturated heterocycles. The molecular weight excluding hydrogens is 480 g/mol. The highest BCUT2D eigenvalue weighted by Gasteiger charge is 2.10. The van der Waals surface area contributed by atoms with E-state index >= 15 is 0 Å². The fraction of sp³-hybridized carbons (Fsp3) is 0.394. The molecule has 0 aliphatic carbocycles. The van der Waals surface area contributed by atoms with Crippen LogP contribution < -0.4 is 20.9 Å². The van der Waals surface area contributed by atoms with Crippen molar-refractivity contribution in [1.82, 2.24) is 10.6 Å². The zero-order chi connectivity index (χ0) is 29.0. The van der Waals surface area contributed by atoms with Crippen molar-refractivity contribution in [2.45, 2.75) is 54.9 Å². The van der Waals surface area contributed by atoms with Crippen molar-refractivity contribution in [2.75, 3.05) is 43.4 Å². The van der Waals surface area contributed by atoms with E-state index in [2.05, 4.69) is 87.9 Å². The topological polar surface area (TPSA) is 64.0 Å². The number of hydrogen-bond donors (Lipinski definition) is 3. The number of nitrogens with zero attached hydrogens (tertiary/aromatic N) is 3. The van der Waals surface area contributed by atoms with E-state index < -0.39 is 0 Å². The number of nitrogens with one attached hydrogen (secondary N) is 3. The van der Waals surface area contributed by atoms with Gasteiger partial charge in [0.05, 0.1) is 0 Å². The Morgan fingerprint density at radius 1 is 0.923 bits per heavy atom. The maximum Gasteiger partial charge on any atom is 0.222 e. The second-order valence-electron chi connectivity index (χ2n) is 8.74. The number of guanidine groups is 1. The predicted molar refractivity (Wildman–Crippen MR) is 174 cm³/mol. The van der Waals surface area contributed by atoms with Crippen molar-refractivity contribution in [1.29, 1.82) is 0 Å². The van der Waals surface area contributed by atoms with E-state index in [1.54, 1.807) is 7.05 Å². The number of rotatable bonds is 8. The lowest BCUT2D eigenvalue weighted by atomic mass is 10.1. The Morgan fingerprint density at radius 2 is 1.54 bits per heavy atom. The van der Waals surface area contributed by atoms with E-state index in [0.29, 0.717) is 5.96 Å². The number of anilines is 2. The average Bonchev–Trinajstić information content (AvgIpc) is 2.98. The van der Waals surface area contributed by atoms with Gasteiger partial charge in [-0.05, 0) is 62.2 Å². The van der Waals surface area contributed by atoms with E-state index in [9.17, 15) is 0 Å². The van der Waals surface area contributed by atoms with E-state index in [4.69, 9.17) is 4.99 Å². The van der Waals surface area contributed by atoms with E-state index in [1.807, 2.05) is 59.7 Å². The summed E-state index contributed by atoms with van der Waals surface area (Å²) in [5, 5.41) is 10.1. The highest BCUT2D eigenvalue weighted by Crippen LogP contribution is 2.18. The van der Waals surface area contributed by atoms with Crippen LogP contribution in [-0.4, -0.2) is 44.9 Å². The summed E-state index contributed by atoms with van der Waals surface area (Å²) < 4.78 is 0. The van der Waals surface area contributed by atoms with Gasteiger partial charge in [-0.1, -0.05) is 70.7 Å². The first-order chi connectivity index (χ1) is 18.9. The molecule has 2 aromatic rings. The van der Waals surface area contributed by atoms with Gasteiger partial charge in [0.15, 0.2) is 0 Å². The van der Waals surface area contributed by atoms with E-state index in [-0.39, 0.29) is 0 Å². The molecule has 0 radical (unpaired) electrons. The van der Waals surface area contributed by atoms with Crippen LogP contribution in [0.2, 0.25) is 0 Å². The molecule has 6 heteroatoms. The van der Waals surface area contributed by atoms with Gasteiger partial charge in [0.2, 0.25) is 5.96 Å². The van der Waals surface area contributed by atoms with E-state index in [1.165, 1.54) is 11.3 Å². The number of benzene rings is 2. The number of allylic oxidation sites excluding steroid dienone is 5. The first-order valence-corrected chi connectivity index (χ1v) is 14.1. The molecular formula is C33H50N6. The van der Waals surface area contributed by atoms with Crippen LogP contribution in [0, 0.1) is 0 Å². The van der Waals surface area contributed by atoms with Gasteiger partial charge in [0.1, 0.15) is 0 Å². The molecule has 212 valence electrons. The molecule has 0 unspecified atom stereocenters. The second-order valence-corrected chi connectivity index (χ2v) is 8.74. The summed E-state index contributed by atoms with van der Waals surface area (Å²) in [7, 11) is 1.75. The minimum absolute atomic E-state index is 0.584. The van der Waals surface area contributed by atoms with Gasteiger partial charge in [-0.3, -0.25) is 4.99 Å². The lowest BCUT2D eigenvalue weighted by Gasteiger charge is -2.29. The van der Waals surface area contributed by atoms with Crippen LogP contribution in [0.1, 0.15) is 54.0 Å². The summed E-state index contributed by atoms with van der Waals surface area (Å²) in [6.07, 6.45) is 4.91. The van der Waals surface area contributed by atoms with Gasteiger partial charge in [0, 0.05) is 68.1 Å². The lowest BCUT2D eigenvalue weighted by Crippen LogP contribution is -2.43. The van der Waals surface area contributed by atoms with Crippen molar-refractivity contribution in [2.24, 2.45) is 9.98 Å². The summed E-state index contributed by atoms with van der Waals surface area (Å²) >= 11 is 0. The van der Waals surface area contributed by atoms with Crippen molar-refractivity contribution < 1.29 is 0 Å². The summed E-state index contributed by atoms with van der Waals surface area (Å²) in [5.74, 6) is 0.584. The van der Waals surface area contributed by atoms with Gasteiger partial charge in [0.25, 0.3) is 0 Å². The van der Waals surface area contributed by atoms with Crippen LogP contribution in [0.15, 0.2) is 100 Å². The first kappa shape index (κ1) is 33.4. The van der Waals surface area contributed by atoms with Crippen molar-refractivity contribution in [3.8, 4) is 0 Å². The zero-order valence-corrected chi connectivity index (χ0v) is 25.4. The minimum Gasteiger partial charge on any atom is -0.369 e. The Balaban J connectivity index is 0.00000181. The van der Waals surface area contributed by atoms with Crippen molar-refractivity contribution >= 4 is 23.0 Å². The zero-order valence-electron chi connectivity index (χ0n) is 25.4. The highest BCUT2D eigenvalue weighted by molar-refractivity contribution is 6.08. The van der Waals surface area contributed by atoms with Crippen LogP contribution in [-0.2, 0) is 6.42 Å². The van der Waals surface area contributed by atoms with Crippen molar-refractivity contribution in [3.63, 3.8) is 0 Å². The minimum atomic E-state index is 0.584. The third kappa shape index (κ3) is 12.6. The molecule has 0 bridgehead atoms. The molecule has 0 aromatic heterocycles. The maximum absolute atomic E-state index is 4.70. The Kier molecular flexibility index (Phi) is 16.6. The third-order valence-electron chi connectivity index (χ3n) is 5.88. The summed E-state index contributed by atoms with van der Waals surface area (Å²) in [4.78, 5) is 11.4. The standard InChI is InChI=1S/C29H38N6.2C2H6/c1-22(11-12-23(2)32-24(3)21-26-9-7-6-8-10-26)25(4)33-29(30-5)34-27-13-15-28(16-14-27)35-19-17-31-18-20-35;2*1-2/h6-16,31-32H,3,17-21H2,1-2,4-5H3,(H,30,34);2*1-2H3/b22-11+,23-12+,33-25+;;. The molecule has 3 N–H and O–H groups in total. The molecule has 0 amide bonds. The van der Waals surface area contributed by atoms with Gasteiger partial charge in [-0.15, -0.1) is 0 Å². The summed E-state index contributed by atoms with van der Waals surface area (Å²) in [6.45, 7) is 22.4. The SMILES string of the molecule is C=C(Cc1ccccc1)N/C(C)=C/C=C(C)/C(C)=N/C(=NC)Nc1ccc(N2CCNCC2)cc1.CC.CC. The Labute approximate surface area is 237 Å². The number of aliphatic imine (C=N–C) groups is 2. The molecule has 6 nitrogen and oxygen atoms in total. The normalized spacial score (nSPS) is 14.4. The van der Waals surface area contributed by atoms with Crippen molar-refractivity contribution in [3.05, 3.63) is 95.9 Å².